The number of aromatic nitrogens is 3. The summed E-state index contributed by atoms with van der Waals surface area (Å²) < 4.78 is 0.856. The van der Waals surface area contributed by atoms with Gasteiger partial charge in [0.05, 0.1) is 12.7 Å². The van der Waals surface area contributed by atoms with Crippen molar-refractivity contribution < 1.29 is 9.59 Å². The summed E-state index contributed by atoms with van der Waals surface area (Å²) in [5.41, 5.74) is 0.343. The van der Waals surface area contributed by atoms with Crippen LogP contribution in [0.5, 0.6) is 0 Å². The fourth-order valence-electron chi connectivity index (χ4n) is 2.52. The van der Waals surface area contributed by atoms with E-state index in [1.54, 1.807) is 17.2 Å². The highest BCUT2D eigenvalue weighted by Crippen LogP contribution is 2.11. The molecule has 8 nitrogen and oxygen atoms in total. The van der Waals surface area contributed by atoms with E-state index in [0.717, 1.165) is 4.47 Å². The number of carbonyl (C=O) groups excluding carboxylic acids is 2. The largest absolute Gasteiger partial charge is 0.335 e. The van der Waals surface area contributed by atoms with Crippen LogP contribution < -0.4 is 5.32 Å². The normalized spacial score (nSPS) is 15.0. The number of piperazine rings is 1. The van der Waals surface area contributed by atoms with E-state index in [1.807, 2.05) is 11.0 Å². The second-order valence-corrected chi connectivity index (χ2v) is 6.48. The molecule has 0 spiro atoms. The van der Waals surface area contributed by atoms with Gasteiger partial charge in [0, 0.05) is 49.2 Å². The maximum absolute atomic E-state index is 12.3. The summed E-state index contributed by atoms with van der Waals surface area (Å²) >= 11 is 3.30. The number of hydrogen-bond donors (Lipinski definition) is 1. The lowest BCUT2D eigenvalue weighted by Crippen LogP contribution is -2.50. The zero-order valence-corrected chi connectivity index (χ0v) is 15.0. The van der Waals surface area contributed by atoms with Crippen molar-refractivity contribution in [2.24, 2.45) is 0 Å². The monoisotopic (exact) mass is 404 g/mol. The van der Waals surface area contributed by atoms with Crippen molar-refractivity contribution >= 4 is 33.6 Å². The predicted molar refractivity (Wildman–Crippen MR) is 94.9 cm³/mol. The highest BCUT2D eigenvalue weighted by atomic mass is 79.9. The van der Waals surface area contributed by atoms with Crippen molar-refractivity contribution in [3.05, 3.63) is 47.1 Å². The Morgan fingerprint density at radius 2 is 1.88 bits per heavy atom. The van der Waals surface area contributed by atoms with E-state index >= 15 is 0 Å². The minimum Gasteiger partial charge on any atom is -0.335 e. The van der Waals surface area contributed by atoms with Gasteiger partial charge in [0.25, 0.3) is 5.91 Å². The average Bonchev–Trinajstić information content (AvgIpc) is 2.64. The number of nitrogens with zero attached hydrogens (tertiary/aromatic N) is 5. The number of anilines is 1. The van der Waals surface area contributed by atoms with Crippen molar-refractivity contribution in [2.75, 3.05) is 38.0 Å². The summed E-state index contributed by atoms with van der Waals surface area (Å²) in [6.45, 7) is 2.64. The molecule has 0 radical (unpaired) electrons. The standard InChI is InChI=1S/C16H17BrN6O2/c17-12-1-2-14(20-9-12)21-15(24)11-22-5-7-23(8-6-22)16(25)13-10-18-3-4-19-13/h1-4,9-10H,5-8,11H2,(H,20,21,24). The third-order valence-corrected chi connectivity index (χ3v) is 4.27. The molecule has 0 aliphatic carbocycles. The van der Waals surface area contributed by atoms with Crippen LogP contribution >= 0.6 is 15.9 Å². The molecule has 3 heterocycles. The van der Waals surface area contributed by atoms with Gasteiger partial charge in [-0.1, -0.05) is 0 Å². The van der Waals surface area contributed by atoms with Crippen LogP contribution in [0.2, 0.25) is 0 Å². The summed E-state index contributed by atoms with van der Waals surface area (Å²) in [6, 6.07) is 3.55. The molecule has 1 aliphatic heterocycles. The molecule has 1 fully saturated rings. The fraction of sp³-hybridized carbons (Fsp3) is 0.312. The number of halogens is 1. The van der Waals surface area contributed by atoms with Crippen LogP contribution in [0.3, 0.4) is 0 Å². The highest BCUT2D eigenvalue weighted by molar-refractivity contribution is 9.10. The van der Waals surface area contributed by atoms with Crippen molar-refractivity contribution in [1.82, 2.24) is 24.8 Å². The molecule has 2 aromatic heterocycles. The molecule has 0 unspecified atom stereocenters. The van der Waals surface area contributed by atoms with Crippen molar-refractivity contribution in [1.29, 1.82) is 0 Å². The minimum atomic E-state index is -0.128. The van der Waals surface area contributed by atoms with Gasteiger partial charge in [-0.3, -0.25) is 19.5 Å². The third kappa shape index (κ3) is 4.80. The first-order chi connectivity index (χ1) is 12.1. The molecule has 0 atom stereocenters. The van der Waals surface area contributed by atoms with E-state index < -0.39 is 0 Å². The lowest BCUT2D eigenvalue weighted by molar-refractivity contribution is -0.117. The zero-order chi connectivity index (χ0) is 17.6. The summed E-state index contributed by atoms with van der Waals surface area (Å²) in [7, 11) is 0. The highest BCUT2D eigenvalue weighted by Gasteiger charge is 2.24. The number of pyridine rings is 1. The number of nitrogens with one attached hydrogen (secondary N) is 1. The van der Waals surface area contributed by atoms with Gasteiger partial charge in [-0.2, -0.15) is 0 Å². The van der Waals surface area contributed by atoms with Crippen molar-refractivity contribution in [3.63, 3.8) is 0 Å². The van der Waals surface area contributed by atoms with Gasteiger partial charge in [-0.05, 0) is 28.1 Å². The summed E-state index contributed by atoms with van der Waals surface area (Å²) in [4.78, 5) is 40.2. The van der Waals surface area contributed by atoms with Crippen molar-refractivity contribution in [2.45, 2.75) is 0 Å². The Labute approximate surface area is 153 Å². The third-order valence-electron chi connectivity index (χ3n) is 3.80. The van der Waals surface area contributed by atoms with E-state index in [4.69, 9.17) is 0 Å². The van der Waals surface area contributed by atoms with Crippen LogP contribution in [0.15, 0.2) is 41.4 Å². The number of rotatable bonds is 4. The van der Waals surface area contributed by atoms with Gasteiger partial charge in [-0.15, -0.1) is 0 Å². The lowest BCUT2D eigenvalue weighted by atomic mass is 10.2. The Balaban J connectivity index is 1.46. The first-order valence-corrected chi connectivity index (χ1v) is 8.60. The topological polar surface area (TPSA) is 91.3 Å². The Bertz CT molecular complexity index is 732. The van der Waals surface area contributed by atoms with E-state index in [-0.39, 0.29) is 18.4 Å². The molecule has 3 rings (SSSR count). The Kier molecular flexibility index (Phi) is 5.67. The van der Waals surface area contributed by atoms with Gasteiger partial charge < -0.3 is 10.2 Å². The summed E-state index contributed by atoms with van der Waals surface area (Å²) in [5.74, 6) is 0.268. The molecule has 1 N–H and O–H groups in total. The molecule has 0 bridgehead atoms. The van der Waals surface area contributed by atoms with Crippen LogP contribution in [0, 0.1) is 0 Å². The smallest absolute Gasteiger partial charge is 0.274 e. The zero-order valence-electron chi connectivity index (χ0n) is 13.4. The second-order valence-electron chi connectivity index (χ2n) is 5.57. The van der Waals surface area contributed by atoms with Crippen LogP contribution in [-0.4, -0.2) is 69.3 Å². The maximum Gasteiger partial charge on any atom is 0.274 e. The van der Waals surface area contributed by atoms with Crippen LogP contribution in [0.25, 0.3) is 0 Å². The first kappa shape index (κ1) is 17.4. The molecule has 2 amide bonds. The summed E-state index contributed by atoms with van der Waals surface area (Å²) in [6.07, 6.45) is 6.14. The number of hydrogen-bond acceptors (Lipinski definition) is 6. The Morgan fingerprint density at radius 3 is 2.52 bits per heavy atom. The van der Waals surface area contributed by atoms with Gasteiger partial charge in [-0.25, -0.2) is 9.97 Å². The molecule has 2 aromatic rings. The molecular weight excluding hydrogens is 388 g/mol. The molecule has 25 heavy (non-hydrogen) atoms. The van der Waals surface area contributed by atoms with Crippen LogP contribution in [0.4, 0.5) is 5.82 Å². The molecule has 1 aliphatic rings. The fourth-order valence-corrected chi connectivity index (χ4v) is 2.75. The average molecular weight is 405 g/mol. The minimum absolute atomic E-state index is 0.122. The molecule has 1 saturated heterocycles. The van der Waals surface area contributed by atoms with Gasteiger partial charge in [0.1, 0.15) is 11.5 Å². The number of carbonyl (C=O) groups is 2. The van der Waals surface area contributed by atoms with E-state index in [1.165, 1.54) is 18.6 Å². The molecule has 130 valence electrons. The molecule has 0 aromatic carbocycles. The second kappa shape index (κ2) is 8.13. The Hall–Kier alpha value is -2.39. The maximum atomic E-state index is 12.3. The number of amides is 2. The summed E-state index contributed by atoms with van der Waals surface area (Å²) in [5, 5.41) is 2.76. The Morgan fingerprint density at radius 1 is 1.08 bits per heavy atom. The predicted octanol–water partition coefficient (Wildman–Crippen LogP) is 1.03. The van der Waals surface area contributed by atoms with Crippen LogP contribution in [-0.2, 0) is 4.79 Å². The van der Waals surface area contributed by atoms with Gasteiger partial charge in [0.15, 0.2) is 0 Å². The van der Waals surface area contributed by atoms with E-state index in [0.29, 0.717) is 37.7 Å². The first-order valence-electron chi connectivity index (χ1n) is 7.81. The molecular formula is C16H17BrN6O2. The van der Waals surface area contributed by atoms with Gasteiger partial charge >= 0.3 is 0 Å². The van der Waals surface area contributed by atoms with Gasteiger partial charge in [0.2, 0.25) is 5.91 Å². The molecule has 9 heteroatoms. The lowest BCUT2D eigenvalue weighted by Gasteiger charge is -2.34. The SMILES string of the molecule is O=C(CN1CCN(C(=O)c2cnccn2)CC1)Nc1ccc(Br)cn1. The van der Waals surface area contributed by atoms with Crippen LogP contribution in [0.1, 0.15) is 10.5 Å². The quantitative estimate of drug-likeness (QED) is 0.817. The van der Waals surface area contributed by atoms with E-state index in [9.17, 15) is 9.59 Å². The van der Waals surface area contributed by atoms with E-state index in [2.05, 4.69) is 36.2 Å². The van der Waals surface area contributed by atoms with Crippen molar-refractivity contribution in [3.8, 4) is 0 Å². The molecule has 0 saturated carbocycles.